The smallest absolute Gasteiger partial charge is 0.240 e. The number of carbonyl (C=O) groups is 1. The Hall–Kier alpha value is -1.87. The van der Waals surface area contributed by atoms with Crippen molar-refractivity contribution in [3.8, 4) is 0 Å². The molecule has 1 aliphatic rings. The molecule has 0 saturated carbocycles. The second-order valence-electron chi connectivity index (χ2n) is 5.03. The van der Waals surface area contributed by atoms with E-state index in [0.717, 1.165) is 25.9 Å². The molecule has 1 atom stereocenters. The first kappa shape index (κ1) is 14.1. The van der Waals surface area contributed by atoms with E-state index in [4.69, 9.17) is 0 Å². The maximum absolute atomic E-state index is 12.1. The van der Waals surface area contributed by atoms with Gasteiger partial charge in [-0.15, -0.1) is 10.2 Å². The van der Waals surface area contributed by atoms with E-state index in [1.165, 1.54) is 24.1 Å². The molecule has 2 aromatic heterocycles. The topological polar surface area (TPSA) is 88.8 Å². The largest absolute Gasteiger partial charge is 0.299 e. The van der Waals surface area contributed by atoms with Gasteiger partial charge in [-0.3, -0.25) is 19.7 Å². The highest BCUT2D eigenvalue weighted by molar-refractivity contribution is 7.13. The average molecular weight is 307 g/mol. The molecule has 1 aliphatic heterocycles. The Bertz CT molecular complexity index is 556. The summed E-state index contributed by atoms with van der Waals surface area (Å²) in [5, 5.41) is 15.0. The molecule has 8 nitrogen and oxygen atoms in total. The van der Waals surface area contributed by atoms with Gasteiger partial charge in [-0.1, -0.05) is 17.8 Å². The molecule has 9 heteroatoms. The van der Waals surface area contributed by atoms with Gasteiger partial charge in [0.1, 0.15) is 18.2 Å². The summed E-state index contributed by atoms with van der Waals surface area (Å²) >= 11 is 1.32. The van der Waals surface area contributed by atoms with E-state index >= 15 is 0 Å². The Balaban J connectivity index is 1.57. The van der Waals surface area contributed by atoms with E-state index in [2.05, 4.69) is 30.5 Å². The van der Waals surface area contributed by atoms with E-state index in [0.29, 0.717) is 17.7 Å². The van der Waals surface area contributed by atoms with Crippen LogP contribution in [0.25, 0.3) is 0 Å². The fourth-order valence-electron chi connectivity index (χ4n) is 2.59. The Morgan fingerprint density at radius 1 is 1.48 bits per heavy atom. The monoisotopic (exact) mass is 307 g/mol. The van der Waals surface area contributed by atoms with E-state index in [9.17, 15) is 4.79 Å². The molecule has 0 aromatic carbocycles. The predicted molar refractivity (Wildman–Crippen MR) is 77.8 cm³/mol. The Kier molecular flexibility index (Phi) is 4.51. The molecule has 21 heavy (non-hydrogen) atoms. The van der Waals surface area contributed by atoms with E-state index in [1.54, 1.807) is 11.8 Å². The summed E-state index contributed by atoms with van der Waals surface area (Å²) in [5.41, 5.74) is 1.60. The third kappa shape index (κ3) is 3.82. The molecule has 0 spiro atoms. The second kappa shape index (κ2) is 6.72. The van der Waals surface area contributed by atoms with Crippen molar-refractivity contribution in [3.63, 3.8) is 0 Å². The van der Waals surface area contributed by atoms with Gasteiger partial charge in [0, 0.05) is 6.04 Å². The minimum atomic E-state index is -0.0442. The third-order valence-electron chi connectivity index (χ3n) is 3.57. The van der Waals surface area contributed by atoms with Crippen LogP contribution in [-0.4, -0.2) is 54.9 Å². The van der Waals surface area contributed by atoms with E-state index in [-0.39, 0.29) is 5.91 Å². The van der Waals surface area contributed by atoms with Crippen molar-refractivity contribution < 1.29 is 4.79 Å². The normalized spacial score (nSPS) is 19.5. The Labute approximate surface area is 126 Å². The zero-order valence-electron chi connectivity index (χ0n) is 11.6. The minimum absolute atomic E-state index is 0.0442. The standard InChI is InChI=1S/C12H17N7OS/c20-11(16-12-17-14-9-21-12)6-18-4-2-1-3-10(18)5-19-8-13-7-15-19/h7-10H,1-6H2,(H,16,17,20)/t10-/m1/s1. The first-order chi connectivity index (χ1) is 10.3. The van der Waals surface area contributed by atoms with Crippen LogP contribution < -0.4 is 5.32 Å². The summed E-state index contributed by atoms with van der Waals surface area (Å²) in [4.78, 5) is 18.3. The van der Waals surface area contributed by atoms with Gasteiger partial charge in [-0.2, -0.15) is 5.10 Å². The van der Waals surface area contributed by atoms with Gasteiger partial charge >= 0.3 is 0 Å². The van der Waals surface area contributed by atoms with Crippen molar-refractivity contribution in [1.29, 1.82) is 0 Å². The molecular weight excluding hydrogens is 290 g/mol. The lowest BCUT2D eigenvalue weighted by atomic mass is 10.0. The van der Waals surface area contributed by atoms with Crippen LogP contribution in [-0.2, 0) is 11.3 Å². The zero-order valence-corrected chi connectivity index (χ0v) is 12.4. The van der Waals surface area contributed by atoms with Crippen LogP contribution in [0.1, 0.15) is 19.3 Å². The SMILES string of the molecule is O=C(CN1CCCC[C@@H]1Cn1cncn1)Nc1nncs1. The number of likely N-dealkylation sites (tertiary alicyclic amines) is 1. The summed E-state index contributed by atoms with van der Waals surface area (Å²) in [6.45, 7) is 2.08. The van der Waals surface area contributed by atoms with E-state index < -0.39 is 0 Å². The Morgan fingerprint density at radius 2 is 2.43 bits per heavy atom. The number of aromatic nitrogens is 5. The molecule has 1 amide bonds. The average Bonchev–Trinajstić information content (AvgIpc) is 3.14. The first-order valence-electron chi connectivity index (χ1n) is 6.94. The molecule has 2 aromatic rings. The van der Waals surface area contributed by atoms with Crippen LogP contribution in [0.5, 0.6) is 0 Å². The van der Waals surface area contributed by atoms with Crippen molar-refractivity contribution in [1.82, 2.24) is 29.9 Å². The maximum atomic E-state index is 12.1. The highest BCUT2D eigenvalue weighted by Gasteiger charge is 2.25. The second-order valence-corrected chi connectivity index (χ2v) is 5.86. The predicted octanol–water partition coefficient (Wildman–Crippen LogP) is 0.623. The van der Waals surface area contributed by atoms with Gasteiger partial charge in [0.2, 0.25) is 11.0 Å². The van der Waals surface area contributed by atoms with Crippen molar-refractivity contribution in [2.45, 2.75) is 31.8 Å². The lowest BCUT2D eigenvalue weighted by molar-refractivity contribution is -0.118. The number of anilines is 1. The van der Waals surface area contributed by atoms with Crippen LogP contribution in [0, 0.1) is 0 Å². The third-order valence-corrected chi connectivity index (χ3v) is 4.17. The van der Waals surface area contributed by atoms with Crippen LogP contribution in [0.3, 0.4) is 0 Å². The quantitative estimate of drug-likeness (QED) is 0.871. The fraction of sp³-hybridized carbons (Fsp3) is 0.583. The number of piperidine rings is 1. The van der Waals surface area contributed by atoms with Crippen LogP contribution >= 0.6 is 11.3 Å². The highest BCUT2D eigenvalue weighted by atomic mass is 32.1. The molecule has 0 unspecified atom stereocenters. The molecule has 3 heterocycles. The van der Waals surface area contributed by atoms with Crippen LogP contribution in [0.2, 0.25) is 0 Å². The number of nitrogens with one attached hydrogen (secondary N) is 1. The summed E-state index contributed by atoms with van der Waals surface area (Å²) in [7, 11) is 0. The number of hydrogen-bond donors (Lipinski definition) is 1. The van der Waals surface area contributed by atoms with Gasteiger partial charge in [-0.05, 0) is 19.4 Å². The van der Waals surface area contributed by atoms with Crippen LogP contribution in [0.15, 0.2) is 18.2 Å². The highest BCUT2D eigenvalue weighted by Crippen LogP contribution is 2.18. The summed E-state index contributed by atoms with van der Waals surface area (Å²) in [6, 6.07) is 0.320. The van der Waals surface area contributed by atoms with Gasteiger partial charge in [0.05, 0.1) is 13.1 Å². The van der Waals surface area contributed by atoms with Gasteiger partial charge < -0.3 is 0 Å². The summed E-state index contributed by atoms with van der Waals surface area (Å²) in [6.07, 6.45) is 6.64. The number of amides is 1. The molecule has 0 bridgehead atoms. The Morgan fingerprint density at radius 3 is 3.19 bits per heavy atom. The lowest BCUT2D eigenvalue weighted by Gasteiger charge is -2.34. The molecule has 1 fully saturated rings. The molecule has 3 rings (SSSR count). The lowest BCUT2D eigenvalue weighted by Crippen LogP contribution is -2.46. The zero-order chi connectivity index (χ0) is 14.5. The van der Waals surface area contributed by atoms with Crippen molar-refractivity contribution in [2.24, 2.45) is 0 Å². The number of nitrogens with zero attached hydrogens (tertiary/aromatic N) is 6. The molecular formula is C12H17N7OS. The molecule has 1 N–H and O–H groups in total. The van der Waals surface area contributed by atoms with Crippen molar-refractivity contribution in [3.05, 3.63) is 18.2 Å². The number of carbonyl (C=O) groups excluding carboxylic acids is 1. The van der Waals surface area contributed by atoms with Gasteiger partial charge in [0.15, 0.2) is 0 Å². The number of hydrogen-bond acceptors (Lipinski definition) is 7. The van der Waals surface area contributed by atoms with Gasteiger partial charge in [-0.25, -0.2) is 4.98 Å². The van der Waals surface area contributed by atoms with Crippen molar-refractivity contribution in [2.75, 3.05) is 18.4 Å². The summed E-state index contributed by atoms with van der Waals surface area (Å²) in [5.74, 6) is -0.0442. The van der Waals surface area contributed by atoms with Crippen molar-refractivity contribution >= 4 is 22.4 Å². The van der Waals surface area contributed by atoms with Crippen LogP contribution in [0.4, 0.5) is 5.13 Å². The minimum Gasteiger partial charge on any atom is -0.299 e. The maximum Gasteiger partial charge on any atom is 0.240 e. The first-order valence-corrected chi connectivity index (χ1v) is 7.82. The van der Waals surface area contributed by atoms with E-state index in [1.807, 2.05) is 4.68 Å². The number of rotatable bonds is 5. The van der Waals surface area contributed by atoms with Gasteiger partial charge in [0.25, 0.3) is 0 Å². The molecule has 1 saturated heterocycles. The fourth-order valence-corrected chi connectivity index (χ4v) is 3.05. The molecule has 112 valence electrons. The summed E-state index contributed by atoms with van der Waals surface area (Å²) < 4.78 is 1.83. The molecule has 0 radical (unpaired) electrons. The molecule has 0 aliphatic carbocycles.